The third kappa shape index (κ3) is 5.66. The summed E-state index contributed by atoms with van der Waals surface area (Å²) < 4.78 is 48.7. The van der Waals surface area contributed by atoms with Gasteiger partial charge in [0.15, 0.2) is 45.2 Å². The number of ketones is 2. The van der Waals surface area contributed by atoms with Crippen LogP contribution in [0.25, 0.3) is 0 Å². The van der Waals surface area contributed by atoms with Crippen LogP contribution in [0.1, 0.15) is 68.2 Å². The van der Waals surface area contributed by atoms with E-state index in [0.29, 0.717) is 11.1 Å². The van der Waals surface area contributed by atoms with E-state index in [-0.39, 0.29) is 53.2 Å². The fourth-order valence-corrected chi connectivity index (χ4v) is 12.9. The molecule has 0 radical (unpaired) electrons. The number of halogens is 2. The van der Waals surface area contributed by atoms with Crippen molar-refractivity contribution in [3.63, 3.8) is 0 Å². The molecule has 0 aromatic rings. The lowest BCUT2D eigenvalue weighted by Crippen LogP contribution is -2.73. The summed E-state index contributed by atoms with van der Waals surface area (Å²) >= 11 is 6.21. The molecule has 2 amide bonds. The van der Waals surface area contributed by atoms with Crippen LogP contribution < -0.4 is 0 Å². The minimum absolute atomic E-state index is 0.200. The lowest BCUT2D eigenvalue weighted by Gasteiger charge is -2.57. The first-order chi connectivity index (χ1) is 19.8. The summed E-state index contributed by atoms with van der Waals surface area (Å²) in [6.07, 6.45) is 3.61. The highest BCUT2D eigenvalue weighted by molar-refractivity contribution is 9.26. The summed E-state index contributed by atoms with van der Waals surface area (Å²) in [5.41, 5.74) is -1.15. The predicted molar refractivity (Wildman–Crippen MR) is 176 cm³/mol. The summed E-state index contributed by atoms with van der Waals surface area (Å²) in [5, 5.41) is -2.09. The Morgan fingerprint density at radius 3 is 1.45 bits per heavy atom. The topological polar surface area (TPSA) is 143 Å². The van der Waals surface area contributed by atoms with Gasteiger partial charge in [0, 0.05) is 10.8 Å². The number of allylic oxidation sites excluding steroid dienone is 4. The van der Waals surface area contributed by atoms with Crippen molar-refractivity contribution in [3.05, 3.63) is 47.9 Å². The molecule has 2 atom stereocenters. The van der Waals surface area contributed by atoms with Crippen molar-refractivity contribution in [2.75, 3.05) is 11.5 Å². The highest BCUT2D eigenvalue weighted by Gasteiger charge is 2.69. The fraction of sp³-hybridized carbons (Fsp3) is 0.600. The third-order valence-electron chi connectivity index (χ3n) is 8.02. The number of nitrogens with zero attached hydrogens (tertiary/aromatic N) is 2. The minimum atomic E-state index is -3.57. The molecule has 0 aliphatic carbocycles. The summed E-state index contributed by atoms with van der Waals surface area (Å²) in [6.45, 7) is 21.0. The first-order valence-electron chi connectivity index (χ1n) is 13.9. The Bertz CT molecular complexity index is 1630. The molecular weight excluding hydrogens is 740 g/mol. The zero-order chi connectivity index (χ0) is 34.2. The third-order valence-corrected chi connectivity index (χ3v) is 14.4. The van der Waals surface area contributed by atoms with Crippen LogP contribution in [0.5, 0.6) is 0 Å². The number of sulfone groups is 2. The van der Waals surface area contributed by atoms with E-state index in [1.807, 2.05) is 0 Å². The Morgan fingerprint density at radius 2 is 1.11 bits per heavy atom. The fourth-order valence-electron chi connectivity index (χ4n) is 6.03. The first kappa shape index (κ1) is 36.6. The Hall–Kier alpha value is -1.90. The van der Waals surface area contributed by atoms with Crippen molar-refractivity contribution in [3.8, 4) is 0 Å². The van der Waals surface area contributed by atoms with E-state index in [2.05, 4.69) is 45.0 Å². The van der Waals surface area contributed by atoms with E-state index in [1.54, 1.807) is 67.5 Å². The number of rotatable bonds is 6. The zero-order valence-electron chi connectivity index (χ0n) is 26.3. The number of carbonyl (C=O) groups is 4. The molecule has 0 aromatic heterocycles. The quantitative estimate of drug-likeness (QED) is 0.217. The van der Waals surface area contributed by atoms with Crippen molar-refractivity contribution in [2.24, 2.45) is 16.2 Å². The van der Waals surface area contributed by atoms with Crippen molar-refractivity contribution < 1.29 is 36.0 Å². The summed E-state index contributed by atoms with van der Waals surface area (Å²) in [7, 11) is -7.09. The monoisotopic (exact) mass is 778 g/mol. The van der Waals surface area contributed by atoms with Crippen molar-refractivity contribution in [1.82, 2.24) is 9.80 Å². The van der Waals surface area contributed by atoms with Gasteiger partial charge in [0.1, 0.15) is 0 Å². The molecule has 0 saturated carbocycles. The Morgan fingerprint density at radius 1 is 0.773 bits per heavy atom. The lowest BCUT2D eigenvalue weighted by atomic mass is 9.71. The number of alkyl halides is 2. The molecule has 4 heterocycles. The van der Waals surface area contributed by atoms with E-state index in [0.717, 1.165) is 4.90 Å². The van der Waals surface area contributed by atoms with Crippen molar-refractivity contribution >= 4 is 74.9 Å². The van der Waals surface area contributed by atoms with Crippen LogP contribution >= 0.6 is 31.9 Å². The van der Waals surface area contributed by atoms with E-state index in [1.165, 1.54) is 4.90 Å². The average Bonchev–Trinajstić information content (AvgIpc) is 2.84. The molecule has 44 heavy (non-hydrogen) atoms. The molecule has 2 saturated heterocycles. The van der Waals surface area contributed by atoms with Crippen LogP contribution in [-0.2, 0) is 38.9 Å². The summed E-state index contributed by atoms with van der Waals surface area (Å²) in [5.74, 6) is -1.63. The van der Waals surface area contributed by atoms with Crippen LogP contribution in [0.3, 0.4) is 0 Å². The number of fused-ring (bicyclic) bond motifs is 2. The normalized spacial score (nSPS) is 26.3. The molecule has 10 nitrogen and oxygen atoms in total. The van der Waals surface area contributed by atoms with Crippen LogP contribution in [0.2, 0.25) is 0 Å². The van der Waals surface area contributed by atoms with Gasteiger partial charge in [0.25, 0.3) is 5.91 Å². The second-order valence-electron chi connectivity index (χ2n) is 13.9. The van der Waals surface area contributed by atoms with Gasteiger partial charge in [-0.1, -0.05) is 85.6 Å². The summed E-state index contributed by atoms with van der Waals surface area (Å²) in [4.78, 5) is 52.8. The van der Waals surface area contributed by atoms with E-state index >= 15 is 0 Å². The zero-order valence-corrected chi connectivity index (χ0v) is 31.1. The molecule has 4 aliphatic rings. The second-order valence-corrected chi connectivity index (χ2v) is 21.5. The second kappa shape index (κ2) is 11.4. The number of Topliss-reactive ketones (excluding diaryl/α,β-unsaturated/α-hetero) is 2. The SMILES string of the molecule is C=CCC1(CC=C)C(=O)N2C(C(=O)C(C)(C)C)=C(C)CS(=O)(=O)[C@@H]21.CC1=C(C(=O)C(C)(C)C)N2C(=O)C(Br)(Br)[C@H]2S(=O)(=O)C1. The van der Waals surface area contributed by atoms with Crippen LogP contribution in [0.15, 0.2) is 47.9 Å². The highest BCUT2D eigenvalue weighted by Crippen LogP contribution is 2.54. The molecule has 0 N–H and O–H groups in total. The average molecular weight is 781 g/mol. The molecule has 2 fully saturated rings. The Kier molecular flexibility index (Phi) is 9.48. The van der Waals surface area contributed by atoms with E-state index < -0.39 is 55.8 Å². The van der Waals surface area contributed by atoms with Gasteiger partial charge in [0.2, 0.25) is 5.91 Å². The van der Waals surface area contributed by atoms with Gasteiger partial charge in [0.05, 0.1) is 28.3 Å². The molecule has 4 aliphatic heterocycles. The molecule has 0 aromatic carbocycles. The number of carbonyl (C=O) groups excluding carboxylic acids is 4. The van der Waals surface area contributed by atoms with Crippen LogP contribution in [0, 0.1) is 16.2 Å². The molecule has 0 unspecified atom stereocenters. The Balaban J connectivity index is 0.000000244. The maximum absolute atomic E-state index is 13.0. The van der Waals surface area contributed by atoms with Gasteiger partial charge in [-0.25, -0.2) is 16.8 Å². The first-order valence-corrected chi connectivity index (χ1v) is 19.0. The highest BCUT2D eigenvalue weighted by atomic mass is 79.9. The van der Waals surface area contributed by atoms with E-state index in [9.17, 15) is 36.0 Å². The maximum Gasteiger partial charge on any atom is 0.259 e. The predicted octanol–water partition coefficient (Wildman–Crippen LogP) is 4.57. The van der Waals surface area contributed by atoms with Crippen LogP contribution in [-0.4, -0.2) is 75.5 Å². The maximum atomic E-state index is 13.0. The lowest BCUT2D eigenvalue weighted by molar-refractivity contribution is -0.162. The van der Waals surface area contributed by atoms with Crippen molar-refractivity contribution in [2.45, 2.75) is 82.2 Å². The van der Waals surface area contributed by atoms with Gasteiger partial charge in [-0.05, 0) is 37.8 Å². The van der Waals surface area contributed by atoms with E-state index in [4.69, 9.17) is 0 Å². The molecule has 14 heteroatoms. The molecule has 0 spiro atoms. The van der Waals surface area contributed by atoms with Gasteiger partial charge in [-0.2, -0.15) is 0 Å². The number of hydrogen-bond donors (Lipinski definition) is 0. The van der Waals surface area contributed by atoms with Gasteiger partial charge < -0.3 is 0 Å². The largest absolute Gasteiger partial charge is 0.292 e. The number of amides is 2. The van der Waals surface area contributed by atoms with Gasteiger partial charge in [-0.15, -0.1) is 13.2 Å². The van der Waals surface area contributed by atoms with Crippen molar-refractivity contribution in [1.29, 1.82) is 0 Å². The molecule has 4 rings (SSSR count). The smallest absolute Gasteiger partial charge is 0.259 e. The minimum Gasteiger partial charge on any atom is -0.292 e. The Labute approximate surface area is 277 Å². The van der Waals surface area contributed by atoms with Gasteiger partial charge >= 0.3 is 0 Å². The number of β-lactam (4-membered cyclic amide) rings is 2. The van der Waals surface area contributed by atoms with Crippen LogP contribution in [0.4, 0.5) is 0 Å². The summed E-state index contributed by atoms with van der Waals surface area (Å²) in [6, 6.07) is 0. The number of hydrogen-bond acceptors (Lipinski definition) is 8. The molecular formula is C30H40Br2N2O8S2. The standard InChI is InChI=1S/C18H25NO4S.C12H15Br2NO4S/c1-7-9-18(10-8-2)15(21)19-13(14(20)17(4,5)6)12(3)11-24(22,23)16(18)19;1-6-5-20(18,19)10-12(13,14)9(17)15(10)7(6)8(16)11(2,3)4/h7-8,16H,1-2,9-11H2,3-6H3;10H,5H2,1-4H3/t16-;10-/m11/s1. The molecule has 0 bridgehead atoms. The van der Waals surface area contributed by atoms with Gasteiger partial charge in [-0.3, -0.25) is 29.0 Å². The molecule has 244 valence electrons.